The number of para-hydroxylation sites is 3. The van der Waals surface area contributed by atoms with Gasteiger partial charge < -0.3 is 13.9 Å². The molecule has 286 valence electrons. The summed E-state index contributed by atoms with van der Waals surface area (Å²) in [5.74, 6) is 0. The third-order valence-electron chi connectivity index (χ3n) is 12.2. The summed E-state index contributed by atoms with van der Waals surface area (Å²) in [5.41, 5.74) is 15.2. The second-order valence-corrected chi connectivity index (χ2v) is 15.6. The molecule has 0 unspecified atom stereocenters. The van der Waals surface area contributed by atoms with Gasteiger partial charge in [0.1, 0.15) is 11.2 Å². The highest BCUT2D eigenvalue weighted by Crippen LogP contribution is 2.49. The van der Waals surface area contributed by atoms with Gasteiger partial charge >= 0.3 is 0 Å². The summed E-state index contributed by atoms with van der Waals surface area (Å²) >= 11 is 0. The van der Waals surface area contributed by atoms with Crippen molar-refractivity contribution in [3.8, 4) is 39.1 Å². The molecule has 0 bridgehead atoms. The molecule has 0 radical (unpaired) electrons. The molecule has 2 heterocycles. The first kappa shape index (κ1) is 34.9. The average molecular weight is 779 g/mol. The Morgan fingerprint density at radius 3 is 1.80 bits per heavy atom. The Morgan fingerprint density at radius 2 is 1.00 bits per heavy atom. The zero-order valence-electron chi connectivity index (χ0n) is 33.2. The number of rotatable bonds is 7. The van der Waals surface area contributed by atoms with Crippen molar-refractivity contribution in [3.63, 3.8) is 0 Å². The Labute approximate surface area is 353 Å². The molecule has 0 saturated carbocycles. The summed E-state index contributed by atoms with van der Waals surface area (Å²) in [6.45, 7) is 0. The van der Waals surface area contributed by atoms with Crippen LogP contribution >= 0.6 is 0 Å². The fourth-order valence-corrected chi connectivity index (χ4v) is 9.46. The van der Waals surface area contributed by atoms with Crippen LogP contribution in [-0.4, -0.2) is 4.57 Å². The lowest BCUT2D eigenvalue weighted by Gasteiger charge is -2.30. The van der Waals surface area contributed by atoms with Crippen LogP contribution in [-0.2, 0) is 0 Å². The van der Waals surface area contributed by atoms with Gasteiger partial charge in [-0.2, -0.15) is 0 Å². The van der Waals surface area contributed by atoms with Crippen LogP contribution in [0.2, 0.25) is 0 Å². The molecule has 0 atom stereocenters. The van der Waals surface area contributed by atoms with Crippen molar-refractivity contribution in [3.05, 3.63) is 231 Å². The maximum Gasteiger partial charge on any atom is 0.136 e. The van der Waals surface area contributed by atoms with Gasteiger partial charge in [-0.25, -0.2) is 0 Å². The first-order chi connectivity index (χ1) is 30.3. The van der Waals surface area contributed by atoms with E-state index >= 15 is 0 Å². The van der Waals surface area contributed by atoms with Crippen molar-refractivity contribution in [2.45, 2.75) is 0 Å². The van der Waals surface area contributed by atoms with Crippen LogP contribution < -0.4 is 4.90 Å². The molecule has 12 rings (SSSR count). The minimum Gasteiger partial charge on any atom is -0.456 e. The predicted octanol–water partition coefficient (Wildman–Crippen LogP) is 16.3. The van der Waals surface area contributed by atoms with Crippen LogP contribution in [0.3, 0.4) is 0 Å². The Bertz CT molecular complexity index is 3570. The summed E-state index contributed by atoms with van der Waals surface area (Å²) in [6, 6.07) is 82.9. The summed E-state index contributed by atoms with van der Waals surface area (Å²) in [4.78, 5) is 2.47. The van der Waals surface area contributed by atoms with Crippen LogP contribution in [0.5, 0.6) is 0 Å². The second kappa shape index (κ2) is 14.3. The van der Waals surface area contributed by atoms with Crippen molar-refractivity contribution in [1.82, 2.24) is 4.57 Å². The number of fused-ring (bicyclic) bond motifs is 8. The Kier molecular flexibility index (Phi) is 8.17. The topological polar surface area (TPSA) is 21.3 Å². The lowest BCUT2D eigenvalue weighted by Crippen LogP contribution is -2.13. The van der Waals surface area contributed by atoms with Gasteiger partial charge in [0.15, 0.2) is 0 Å². The highest BCUT2D eigenvalue weighted by molar-refractivity contribution is 6.19. The van der Waals surface area contributed by atoms with Gasteiger partial charge in [-0.15, -0.1) is 0 Å². The maximum absolute atomic E-state index is 6.65. The van der Waals surface area contributed by atoms with Crippen LogP contribution in [0.15, 0.2) is 235 Å². The summed E-state index contributed by atoms with van der Waals surface area (Å²) < 4.78 is 9.08. The molecule has 61 heavy (non-hydrogen) atoms. The fraction of sp³-hybridized carbons (Fsp3) is 0. The maximum atomic E-state index is 6.65. The van der Waals surface area contributed by atoms with Crippen LogP contribution in [0.4, 0.5) is 17.1 Å². The van der Waals surface area contributed by atoms with Gasteiger partial charge in [-0.1, -0.05) is 170 Å². The van der Waals surface area contributed by atoms with Crippen molar-refractivity contribution in [1.29, 1.82) is 0 Å². The standard InChI is InChI=1S/C58H38N2O/c1-4-16-39(17-5-1)40-30-34-45(35-31-40)59(53-29-15-26-49-48-24-12-13-27-51(48)60(58(49)53)44-21-8-3-9-22-44)52-28-14-25-47(56(52)42-19-6-2-7-20-42)43-32-36-50-55(38-43)61-54-37-33-41-18-10-11-23-46(41)57(50)54/h1-38H. The third-order valence-corrected chi connectivity index (χ3v) is 12.2. The quantitative estimate of drug-likeness (QED) is 0.161. The zero-order valence-corrected chi connectivity index (χ0v) is 33.2. The summed E-state index contributed by atoms with van der Waals surface area (Å²) in [6.07, 6.45) is 0. The van der Waals surface area contributed by atoms with Gasteiger partial charge in [0, 0.05) is 38.5 Å². The summed E-state index contributed by atoms with van der Waals surface area (Å²) in [7, 11) is 0. The van der Waals surface area contributed by atoms with Gasteiger partial charge in [0.2, 0.25) is 0 Å². The van der Waals surface area contributed by atoms with Crippen molar-refractivity contribution in [2.75, 3.05) is 4.90 Å². The van der Waals surface area contributed by atoms with Crippen LogP contribution in [0.1, 0.15) is 0 Å². The molecule has 0 saturated heterocycles. The van der Waals surface area contributed by atoms with E-state index in [0.29, 0.717) is 0 Å². The van der Waals surface area contributed by atoms with E-state index < -0.39 is 0 Å². The molecule has 0 aliphatic heterocycles. The van der Waals surface area contributed by atoms with E-state index in [0.717, 1.165) is 72.5 Å². The minimum atomic E-state index is 0.874. The van der Waals surface area contributed by atoms with Gasteiger partial charge in [0.05, 0.1) is 22.4 Å². The molecule has 3 nitrogen and oxygen atoms in total. The van der Waals surface area contributed by atoms with E-state index in [4.69, 9.17) is 4.42 Å². The van der Waals surface area contributed by atoms with Gasteiger partial charge in [-0.3, -0.25) is 0 Å². The number of anilines is 3. The van der Waals surface area contributed by atoms with E-state index in [-0.39, 0.29) is 0 Å². The molecular formula is C58H38N2O. The third kappa shape index (κ3) is 5.74. The van der Waals surface area contributed by atoms with E-state index in [2.05, 4.69) is 240 Å². The number of furan rings is 1. The molecule has 0 N–H and O–H groups in total. The SMILES string of the molecule is c1ccc(-c2ccc(N(c3cccc(-c4ccc5c(c4)oc4ccc6ccccc6c45)c3-c3ccccc3)c3cccc4c5ccccc5n(-c5ccccc5)c34)cc2)cc1. The number of hydrogen-bond acceptors (Lipinski definition) is 2. The minimum absolute atomic E-state index is 0.874. The van der Waals surface area contributed by atoms with Gasteiger partial charge in [-0.05, 0) is 99.3 Å². The molecule has 0 fully saturated rings. The number of nitrogens with zero attached hydrogens (tertiary/aromatic N) is 2. The van der Waals surface area contributed by atoms with Crippen molar-refractivity contribution in [2.24, 2.45) is 0 Å². The monoisotopic (exact) mass is 778 g/mol. The number of hydrogen-bond donors (Lipinski definition) is 0. The number of benzene rings is 10. The zero-order chi connectivity index (χ0) is 40.3. The Balaban J connectivity index is 1.14. The largest absolute Gasteiger partial charge is 0.456 e. The molecule has 0 amide bonds. The Morgan fingerprint density at radius 1 is 0.377 bits per heavy atom. The first-order valence-electron chi connectivity index (χ1n) is 20.8. The molecular weight excluding hydrogens is 741 g/mol. The molecule has 10 aromatic carbocycles. The molecule has 0 aliphatic carbocycles. The molecule has 3 heteroatoms. The summed E-state index contributed by atoms with van der Waals surface area (Å²) in [5, 5.41) is 7.10. The molecule has 2 aromatic heterocycles. The Hall–Kier alpha value is -8.14. The molecule has 0 spiro atoms. The normalized spacial score (nSPS) is 11.6. The lowest BCUT2D eigenvalue weighted by atomic mass is 9.91. The van der Waals surface area contributed by atoms with Crippen molar-refractivity contribution < 1.29 is 4.42 Å². The van der Waals surface area contributed by atoms with E-state index in [9.17, 15) is 0 Å². The average Bonchev–Trinajstić information content (AvgIpc) is 3.89. The smallest absolute Gasteiger partial charge is 0.136 e. The van der Waals surface area contributed by atoms with E-state index in [1.54, 1.807) is 0 Å². The highest BCUT2D eigenvalue weighted by Gasteiger charge is 2.25. The van der Waals surface area contributed by atoms with Crippen LogP contribution in [0, 0.1) is 0 Å². The fourth-order valence-electron chi connectivity index (χ4n) is 9.46. The second-order valence-electron chi connectivity index (χ2n) is 15.6. The predicted molar refractivity (Wildman–Crippen MR) is 257 cm³/mol. The van der Waals surface area contributed by atoms with Gasteiger partial charge in [0.25, 0.3) is 0 Å². The highest BCUT2D eigenvalue weighted by atomic mass is 16.3. The molecule has 0 aliphatic rings. The van der Waals surface area contributed by atoms with E-state index in [1.165, 1.54) is 38.2 Å². The molecule has 12 aromatic rings. The van der Waals surface area contributed by atoms with Crippen LogP contribution in [0.25, 0.3) is 93.6 Å². The lowest BCUT2D eigenvalue weighted by molar-refractivity contribution is 0.669. The first-order valence-corrected chi connectivity index (χ1v) is 20.8. The van der Waals surface area contributed by atoms with E-state index in [1.807, 2.05) is 0 Å². The number of aromatic nitrogens is 1. The van der Waals surface area contributed by atoms with Crippen molar-refractivity contribution >= 4 is 71.6 Å².